The third-order valence-electron chi connectivity index (χ3n) is 8.26. The van der Waals surface area contributed by atoms with Gasteiger partial charge >= 0.3 is 0 Å². The number of nitrogens with one attached hydrogen (secondary N) is 1. The molecule has 1 amide bonds. The summed E-state index contributed by atoms with van der Waals surface area (Å²) in [5.74, 6) is 0.429. The van der Waals surface area contributed by atoms with Gasteiger partial charge in [-0.25, -0.2) is 4.98 Å². The van der Waals surface area contributed by atoms with Crippen molar-refractivity contribution in [2.75, 3.05) is 5.75 Å². The number of para-hydroxylation sites is 2. The van der Waals surface area contributed by atoms with E-state index in [9.17, 15) is 9.90 Å². The summed E-state index contributed by atoms with van der Waals surface area (Å²) in [4.78, 5) is 21.6. The van der Waals surface area contributed by atoms with Gasteiger partial charge in [0.05, 0.1) is 36.0 Å². The molecule has 48 heavy (non-hydrogen) atoms. The number of aromatic nitrogens is 5. The number of ether oxygens (including phenoxy) is 2. The van der Waals surface area contributed by atoms with Crippen molar-refractivity contribution in [3.63, 3.8) is 0 Å². The number of carbonyl (C=O) groups is 1. The van der Waals surface area contributed by atoms with Crippen molar-refractivity contribution >= 4 is 28.7 Å². The molecule has 0 saturated carbocycles. The predicted octanol–water partition coefficient (Wildman–Crippen LogP) is 6.19. The second-order valence-electron chi connectivity index (χ2n) is 11.6. The van der Waals surface area contributed by atoms with Gasteiger partial charge in [-0.15, -0.1) is 10.2 Å². The van der Waals surface area contributed by atoms with Gasteiger partial charge in [-0.1, -0.05) is 90.6 Å². The lowest BCUT2D eigenvalue weighted by atomic mass is 9.99. The van der Waals surface area contributed by atoms with Crippen LogP contribution in [0.15, 0.2) is 115 Å². The second kappa shape index (κ2) is 14.4. The van der Waals surface area contributed by atoms with Crippen molar-refractivity contribution in [2.45, 2.75) is 43.2 Å². The molecule has 3 atom stereocenters. The van der Waals surface area contributed by atoms with Gasteiger partial charge in [-0.3, -0.25) is 9.78 Å². The van der Waals surface area contributed by atoms with Gasteiger partial charge in [0, 0.05) is 31.3 Å². The molecule has 1 aliphatic rings. The first-order chi connectivity index (χ1) is 23.5. The number of thioether (sulfide) groups is 1. The lowest BCUT2D eigenvalue weighted by molar-refractivity contribution is -0.245. The summed E-state index contributed by atoms with van der Waals surface area (Å²) >= 11 is 1.61. The Morgan fingerprint density at radius 3 is 2.48 bits per heavy atom. The molecule has 0 aliphatic carbocycles. The fourth-order valence-electron chi connectivity index (χ4n) is 5.63. The second-order valence-corrected chi connectivity index (χ2v) is 12.6. The highest BCUT2D eigenvalue weighted by Gasteiger charge is 2.32. The van der Waals surface area contributed by atoms with E-state index in [-0.39, 0.29) is 30.4 Å². The fourth-order valence-corrected chi connectivity index (χ4v) is 6.53. The van der Waals surface area contributed by atoms with E-state index in [0.29, 0.717) is 24.2 Å². The normalized spacial score (nSPS) is 17.8. The van der Waals surface area contributed by atoms with E-state index in [1.807, 2.05) is 84.4 Å². The Kier molecular flexibility index (Phi) is 9.53. The highest BCUT2D eigenvalue weighted by Crippen LogP contribution is 2.39. The number of aliphatic hydroxyl groups is 1. The van der Waals surface area contributed by atoms with Crippen molar-refractivity contribution in [1.82, 2.24) is 30.0 Å². The third kappa shape index (κ3) is 7.29. The van der Waals surface area contributed by atoms with Crippen LogP contribution in [0.1, 0.15) is 51.6 Å². The highest BCUT2D eigenvalue weighted by atomic mass is 32.2. The van der Waals surface area contributed by atoms with E-state index in [1.165, 1.54) is 6.20 Å². The molecular weight excluding hydrogens is 625 g/mol. The monoisotopic (exact) mass is 658 g/mol. The molecule has 242 valence electrons. The zero-order valence-corrected chi connectivity index (χ0v) is 27.1. The van der Waals surface area contributed by atoms with Crippen LogP contribution in [0.5, 0.6) is 0 Å². The number of benzene rings is 4. The van der Waals surface area contributed by atoms with E-state index < -0.39 is 6.29 Å². The molecule has 1 saturated heterocycles. The van der Waals surface area contributed by atoms with Crippen molar-refractivity contribution < 1.29 is 19.4 Å². The number of nitrogens with zero attached hydrogens (tertiary/aromatic N) is 5. The number of aryl methyl sites for hydroxylation is 1. The maximum absolute atomic E-state index is 12.8. The van der Waals surface area contributed by atoms with Crippen LogP contribution in [0, 0.1) is 0 Å². The molecule has 6 aromatic rings. The Balaban J connectivity index is 1.04. The first kappa shape index (κ1) is 31.6. The van der Waals surface area contributed by atoms with Crippen molar-refractivity contribution in [3.8, 4) is 11.1 Å². The first-order valence-electron chi connectivity index (χ1n) is 15.7. The molecule has 1 aliphatic heterocycles. The van der Waals surface area contributed by atoms with Crippen LogP contribution in [-0.2, 0) is 29.7 Å². The van der Waals surface area contributed by atoms with Gasteiger partial charge in [0.25, 0.3) is 5.91 Å². The van der Waals surface area contributed by atoms with Crippen LogP contribution in [0.25, 0.3) is 22.2 Å². The van der Waals surface area contributed by atoms with Crippen LogP contribution in [0.4, 0.5) is 0 Å². The Morgan fingerprint density at radius 1 is 0.917 bits per heavy atom. The summed E-state index contributed by atoms with van der Waals surface area (Å²) in [7, 11) is 1.93. The van der Waals surface area contributed by atoms with E-state index >= 15 is 0 Å². The largest absolute Gasteiger partial charge is 0.392 e. The van der Waals surface area contributed by atoms with Gasteiger partial charge < -0.3 is 24.5 Å². The summed E-state index contributed by atoms with van der Waals surface area (Å²) in [6.45, 7) is 0.357. The quantitative estimate of drug-likeness (QED) is 0.166. The average Bonchev–Trinajstić information content (AvgIpc) is 3.57. The lowest BCUT2D eigenvalue weighted by Gasteiger charge is -2.36. The van der Waals surface area contributed by atoms with Gasteiger partial charge in [0.2, 0.25) is 0 Å². The van der Waals surface area contributed by atoms with E-state index in [1.54, 1.807) is 18.1 Å². The Labute approximate surface area is 282 Å². The summed E-state index contributed by atoms with van der Waals surface area (Å²) in [5, 5.41) is 21.5. The summed E-state index contributed by atoms with van der Waals surface area (Å²) < 4.78 is 14.9. The minimum Gasteiger partial charge on any atom is -0.392 e. The Morgan fingerprint density at radius 2 is 1.71 bits per heavy atom. The highest BCUT2D eigenvalue weighted by molar-refractivity contribution is 7.99. The minimum absolute atomic E-state index is 0.00108. The zero-order valence-electron chi connectivity index (χ0n) is 26.3. The smallest absolute Gasteiger partial charge is 0.271 e. The van der Waals surface area contributed by atoms with Crippen LogP contribution in [0.3, 0.4) is 0 Å². The van der Waals surface area contributed by atoms with Crippen molar-refractivity contribution in [2.24, 2.45) is 7.05 Å². The maximum Gasteiger partial charge on any atom is 0.271 e. The van der Waals surface area contributed by atoms with Gasteiger partial charge in [-0.2, -0.15) is 0 Å². The number of hydrogen-bond donors (Lipinski definition) is 2. The molecule has 10 nitrogen and oxygen atoms in total. The molecular formula is C37H34N6O4S. The number of aliphatic hydroxyl groups excluding tert-OH is 1. The van der Waals surface area contributed by atoms with Crippen LogP contribution < -0.4 is 5.32 Å². The minimum atomic E-state index is -0.555. The predicted molar refractivity (Wildman–Crippen MR) is 183 cm³/mol. The molecule has 0 unspecified atom stereocenters. The molecule has 1 fully saturated rings. The van der Waals surface area contributed by atoms with Gasteiger partial charge in [0.15, 0.2) is 11.4 Å². The molecule has 0 spiro atoms. The molecule has 2 aromatic heterocycles. The van der Waals surface area contributed by atoms with Gasteiger partial charge in [-0.05, 0) is 46.0 Å². The summed E-state index contributed by atoms with van der Waals surface area (Å²) in [6, 6.07) is 31.7. The van der Waals surface area contributed by atoms with E-state index in [2.05, 4.69) is 49.7 Å². The lowest BCUT2D eigenvalue weighted by Crippen LogP contribution is -2.31. The van der Waals surface area contributed by atoms with Crippen LogP contribution in [0.2, 0.25) is 0 Å². The number of amides is 1. The van der Waals surface area contributed by atoms with Gasteiger partial charge in [0.1, 0.15) is 12.0 Å². The summed E-state index contributed by atoms with van der Waals surface area (Å²) in [5.41, 5.74) is 7.58. The molecule has 7 rings (SSSR count). The first-order valence-corrected chi connectivity index (χ1v) is 16.7. The van der Waals surface area contributed by atoms with Crippen molar-refractivity contribution in [1.29, 1.82) is 0 Å². The average molecular weight is 659 g/mol. The van der Waals surface area contributed by atoms with Crippen molar-refractivity contribution in [3.05, 3.63) is 138 Å². The van der Waals surface area contributed by atoms with Crippen LogP contribution in [-0.4, -0.2) is 47.6 Å². The fraction of sp³-hybridized carbons (Fsp3) is 0.216. The zero-order chi connectivity index (χ0) is 32.9. The molecule has 0 radical (unpaired) electrons. The number of carbonyl (C=O) groups excluding carboxylic acids is 1. The van der Waals surface area contributed by atoms with Crippen LogP contribution >= 0.6 is 11.8 Å². The number of rotatable bonds is 10. The van der Waals surface area contributed by atoms with E-state index in [0.717, 1.165) is 44.1 Å². The van der Waals surface area contributed by atoms with E-state index in [4.69, 9.17) is 9.47 Å². The maximum atomic E-state index is 12.8. The molecule has 3 heterocycles. The topological polar surface area (TPSA) is 124 Å². The number of hydrogen-bond acceptors (Lipinski definition) is 9. The Bertz CT molecular complexity index is 2020. The number of fused-ring (bicyclic) bond motifs is 1. The molecule has 11 heteroatoms. The molecule has 0 bridgehead atoms. The molecule has 2 N–H and O–H groups in total. The standard InChI is InChI=1S/C37H34N6O4S/c1-43-23-40-42-37(43)48-22-30-18-34(27-11-9-24(21-44)10-12-27)47-36(46-30)28-15-13-26(14-16-28)29-6-4-5-25(17-29)19-39-35(45)33-20-38-31-7-2-3-8-32(31)41-33/h2-17,20,23,30,34,36,44H,18-19,21-22H2,1H3,(H,39,45)/t30-,34+,36+/m0/s1. The Hall–Kier alpha value is -4.94. The molecule has 4 aromatic carbocycles. The third-order valence-corrected chi connectivity index (χ3v) is 9.43. The summed E-state index contributed by atoms with van der Waals surface area (Å²) in [6.07, 6.45) is 3.07. The SMILES string of the molecule is Cn1cnnc1SC[C@@H]1C[C@H](c2ccc(CO)cc2)O[C@H](c2ccc(-c3cccc(CNC(=O)c4cnc5ccccc5n4)c3)cc2)O1.